The molecule has 1 fully saturated rings. The number of anilines is 2. The van der Waals surface area contributed by atoms with E-state index in [9.17, 15) is 0 Å². The van der Waals surface area contributed by atoms with Gasteiger partial charge in [0, 0.05) is 32.1 Å². The van der Waals surface area contributed by atoms with E-state index in [1.807, 2.05) is 38.1 Å². The van der Waals surface area contributed by atoms with Crippen LogP contribution in [0, 0.1) is 5.41 Å². The van der Waals surface area contributed by atoms with Gasteiger partial charge < -0.3 is 10.2 Å². The molecule has 0 saturated carbocycles. The van der Waals surface area contributed by atoms with Crippen molar-refractivity contribution in [3.05, 3.63) is 18.3 Å². The van der Waals surface area contributed by atoms with Gasteiger partial charge in [-0.3, -0.25) is 0 Å². The smallest absolute Gasteiger partial charge is 0.151 e. The lowest BCUT2D eigenvalue weighted by Crippen LogP contribution is -2.42. The lowest BCUT2D eigenvalue weighted by molar-refractivity contribution is 0.305. The van der Waals surface area contributed by atoms with Crippen molar-refractivity contribution in [2.45, 2.75) is 26.3 Å². The molecule has 1 atom stereocenters. The van der Waals surface area contributed by atoms with Crippen LogP contribution in [0.3, 0.4) is 0 Å². The Bertz CT molecular complexity index is 404. The van der Waals surface area contributed by atoms with E-state index in [-0.39, 0.29) is 0 Å². The third kappa shape index (κ3) is 2.91. The summed E-state index contributed by atoms with van der Waals surface area (Å²) in [5, 5.41) is 3.70. The molecule has 4 heteroatoms. The minimum absolute atomic E-state index is 0.352. The standard InChI is InChI=1S/C14H23N3S/c1-14(2)7-9-18-10-12(14)16-11-6-5-8-15-13(11)17(3)4/h5-6,8,12,16H,7,9-10H2,1-4H3. The number of pyridine rings is 1. The first kappa shape index (κ1) is 13.5. The Labute approximate surface area is 114 Å². The number of hydrogen-bond donors (Lipinski definition) is 1. The molecule has 1 saturated heterocycles. The van der Waals surface area contributed by atoms with Crippen molar-refractivity contribution < 1.29 is 0 Å². The van der Waals surface area contributed by atoms with Crippen molar-refractivity contribution in [3.63, 3.8) is 0 Å². The van der Waals surface area contributed by atoms with E-state index < -0.39 is 0 Å². The Morgan fingerprint density at radius 1 is 1.44 bits per heavy atom. The average molecular weight is 265 g/mol. The fourth-order valence-electron chi connectivity index (χ4n) is 2.23. The molecule has 0 bridgehead atoms. The first-order chi connectivity index (χ1) is 8.50. The third-order valence-electron chi connectivity index (χ3n) is 3.66. The molecule has 3 nitrogen and oxygen atoms in total. The van der Waals surface area contributed by atoms with Gasteiger partial charge in [-0.05, 0) is 29.7 Å². The number of aromatic nitrogens is 1. The Morgan fingerprint density at radius 2 is 2.22 bits per heavy atom. The van der Waals surface area contributed by atoms with Gasteiger partial charge in [0.05, 0.1) is 5.69 Å². The summed E-state index contributed by atoms with van der Waals surface area (Å²) in [4.78, 5) is 6.51. The van der Waals surface area contributed by atoms with E-state index in [1.54, 1.807) is 0 Å². The molecule has 0 aliphatic carbocycles. The molecule has 0 spiro atoms. The van der Waals surface area contributed by atoms with Gasteiger partial charge in [0.2, 0.25) is 0 Å². The maximum absolute atomic E-state index is 4.45. The summed E-state index contributed by atoms with van der Waals surface area (Å²) in [7, 11) is 4.07. The minimum Gasteiger partial charge on any atom is -0.378 e. The molecule has 1 aliphatic heterocycles. The van der Waals surface area contributed by atoms with Crippen LogP contribution in [0.4, 0.5) is 11.5 Å². The minimum atomic E-state index is 0.352. The van der Waals surface area contributed by atoms with Crippen molar-refractivity contribution in [1.29, 1.82) is 0 Å². The fourth-order valence-corrected chi connectivity index (χ4v) is 3.83. The SMILES string of the molecule is CN(C)c1ncccc1NC1CSCCC1(C)C. The van der Waals surface area contributed by atoms with E-state index in [2.05, 4.69) is 35.1 Å². The molecule has 0 amide bonds. The van der Waals surface area contributed by atoms with Crippen LogP contribution in [0.25, 0.3) is 0 Å². The van der Waals surface area contributed by atoms with Gasteiger partial charge in [0.1, 0.15) is 0 Å². The number of hydrogen-bond acceptors (Lipinski definition) is 4. The quantitative estimate of drug-likeness (QED) is 0.909. The van der Waals surface area contributed by atoms with E-state index in [1.165, 1.54) is 17.9 Å². The monoisotopic (exact) mass is 265 g/mol. The molecule has 1 aliphatic rings. The van der Waals surface area contributed by atoms with E-state index in [4.69, 9.17) is 0 Å². The predicted molar refractivity (Wildman–Crippen MR) is 81.7 cm³/mol. The van der Waals surface area contributed by atoms with Crippen LogP contribution in [0.15, 0.2) is 18.3 Å². The summed E-state index contributed by atoms with van der Waals surface area (Å²) < 4.78 is 0. The molecule has 0 aromatic carbocycles. The Hall–Kier alpha value is -0.900. The first-order valence-electron chi connectivity index (χ1n) is 6.47. The fraction of sp³-hybridized carbons (Fsp3) is 0.643. The third-order valence-corrected chi connectivity index (χ3v) is 4.72. The molecule has 2 heterocycles. The van der Waals surface area contributed by atoms with Crippen LogP contribution in [0.1, 0.15) is 20.3 Å². The molecule has 1 N–H and O–H groups in total. The lowest BCUT2D eigenvalue weighted by atomic mass is 9.82. The summed E-state index contributed by atoms with van der Waals surface area (Å²) in [6, 6.07) is 4.63. The van der Waals surface area contributed by atoms with Gasteiger partial charge in [-0.15, -0.1) is 0 Å². The van der Waals surface area contributed by atoms with Gasteiger partial charge in [-0.1, -0.05) is 13.8 Å². The van der Waals surface area contributed by atoms with Crippen LogP contribution in [0.2, 0.25) is 0 Å². The molecular formula is C14H23N3S. The summed E-state index contributed by atoms with van der Waals surface area (Å²) in [6.07, 6.45) is 3.12. The van der Waals surface area contributed by atoms with Crippen LogP contribution >= 0.6 is 11.8 Å². The highest BCUT2D eigenvalue weighted by Crippen LogP contribution is 2.37. The molecule has 1 unspecified atom stereocenters. The zero-order valence-electron chi connectivity index (χ0n) is 11.7. The summed E-state index contributed by atoms with van der Waals surface area (Å²) >= 11 is 2.04. The lowest BCUT2D eigenvalue weighted by Gasteiger charge is -2.39. The van der Waals surface area contributed by atoms with Crippen molar-refractivity contribution in [2.24, 2.45) is 5.41 Å². The number of nitrogens with zero attached hydrogens (tertiary/aromatic N) is 2. The molecular weight excluding hydrogens is 242 g/mol. The van der Waals surface area contributed by atoms with Gasteiger partial charge >= 0.3 is 0 Å². The first-order valence-corrected chi connectivity index (χ1v) is 7.63. The van der Waals surface area contributed by atoms with Crippen molar-refractivity contribution in [1.82, 2.24) is 4.98 Å². The highest BCUT2D eigenvalue weighted by molar-refractivity contribution is 7.99. The highest BCUT2D eigenvalue weighted by Gasteiger charge is 2.32. The summed E-state index contributed by atoms with van der Waals surface area (Å²) in [6.45, 7) is 4.71. The predicted octanol–water partition coefficient (Wildman–Crippen LogP) is 3.09. The van der Waals surface area contributed by atoms with E-state index in [0.29, 0.717) is 11.5 Å². The van der Waals surface area contributed by atoms with Gasteiger partial charge in [-0.2, -0.15) is 11.8 Å². The molecule has 100 valence electrons. The molecule has 18 heavy (non-hydrogen) atoms. The largest absolute Gasteiger partial charge is 0.378 e. The Morgan fingerprint density at radius 3 is 2.89 bits per heavy atom. The van der Waals surface area contributed by atoms with E-state index in [0.717, 1.165) is 11.5 Å². The zero-order valence-corrected chi connectivity index (χ0v) is 12.5. The van der Waals surface area contributed by atoms with Crippen LogP contribution in [-0.2, 0) is 0 Å². The van der Waals surface area contributed by atoms with Crippen LogP contribution in [0.5, 0.6) is 0 Å². The van der Waals surface area contributed by atoms with Gasteiger partial charge in [0.25, 0.3) is 0 Å². The zero-order chi connectivity index (χ0) is 13.2. The molecule has 1 aromatic heterocycles. The second kappa shape index (κ2) is 5.39. The Kier molecular flexibility index (Phi) is 4.05. The molecule has 0 radical (unpaired) electrons. The Balaban J connectivity index is 2.18. The molecule has 2 rings (SSSR count). The van der Waals surface area contributed by atoms with Crippen molar-refractivity contribution in [3.8, 4) is 0 Å². The van der Waals surface area contributed by atoms with Crippen molar-refractivity contribution >= 4 is 23.3 Å². The molecule has 1 aromatic rings. The van der Waals surface area contributed by atoms with E-state index >= 15 is 0 Å². The second-order valence-electron chi connectivity index (χ2n) is 5.78. The summed E-state index contributed by atoms with van der Waals surface area (Å²) in [5.41, 5.74) is 1.49. The van der Waals surface area contributed by atoms with Gasteiger partial charge in [-0.25, -0.2) is 4.98 Å². The summed E-state index contributed by atoms with van der Waals surface area (Å²) in [5.74, 6) is 3.47. The number of rotatable bonds is 3. The highest BCUT2D eigenvalue weighted by atomic mass is 32.2. The maximum Gasteiger partial charge on any atom is 0.151 e. The van der Waals surface area contributed by atoms with Crippen molar-refractivity contribution in [2.75, 3.05) is 35.8 Å². The number of nitrogens with one attached hydrogen (secondary N) is 1. The normalized spacial score (nSPS) is 22.6. The topological polar surface area (TPSA) is 28.2 Å². The van der Waals surface area contributed by atoms with Crippen LogP contribution in [-0.4, -0.2) is 36.6 Å². The average Bonchev–Trinajstić information content (AvgIpc) is 2.32. The second-order valence-corrected chi connectivity index (χ2v) is 6.93. The maximum atomic E-state index is 4.45. The van der Waals surface area contributed by atoms with Gasteiger partial charge in [0.15, 0.2) is 5.82 Å². The number of thioether (sulfide) groups is 1. The van der Waals surface area contributed by atoms with Crippen LogP contribution < -0.4 is 10.2 Å².